The second kappa shape index (κ2) is 11.8. The summed E-state index contributed by atoms with van der Waals surface area (Å²) in [7, 11) is 0. The first-order valence-electron chi connectivity index (χ1n) is 9.61. The molecule has 0 saturated carbocycles. The van der Waals surface area contributed by atoms with Crippen LogP contribution in [0.15, 0.2) is 54.6 Å². The number of hydrogen-bond acceptors (Lipinski definition) is 7. The molecule has 4 N–H and O–H groups in total. The van der Waals surface area contributed by atoms with E-state index in [-0.39, 0.29) is 18.7 Å². The van der Waals surface area contributed by atoms with Gasteiger partial charge in [-0.15, -0.1) is 0 Å². The molecule has 0 radical (unpaired) electrons. The number of nitrogens with one attached hydrogen (secondary N) is 2. The van der Waals surface area contributed by atoms with Gasteiger partial charge >= 0.3 is 18.0 Å². The Morgan fingerprint density at radius 1 is 0.909 bits per heavy atom. The average Bonchev–Trinajstić information content (AvgIpc) is 2.77. The molecule has 0 heterocycles. The zero-order valence-electron chi connectivity index (χ0n) is 17.2. The number of carbonyl (C=O) groups is 4. The highest BCUT2D eigenvalue weighted by Crippen LogP contribution is 2.12. The van der Waals surface area contributed by atoms with E-state index in [9.17, 15) is 34.4 Å². The lowest BCUT2D eigenvalue weighted by atomic mass is 10.1. The summed E-state index contributed by atoms with van der Waals surface area (Å²) in [4.78, 5) is 57.3. The number of rotatable bonds is 11. The number of nitro groups is 1. The van der Waals surface area contributed by atoms with Crippen molar-refractivity contribution in [1.82, 2.24) is 10.6 Å². The third-order valence-electron chi connectivity index (χ3n) is 4.40. The summed E-state index contributed by atoms with van der Waals surface area (Å²) in [5, 5.41) is 33.5. The molecular formula is C21H21N3O9. The van der Waals surface area contributed by atoms with Crippen molar-refractivity contribution in [3.8, 4) is 0 Å². The van der Waals surface area contributed by atoms with Crippen molar-refractivity contribution in [3.05, 3.63) is 75.8 Å². The fourth-order valence-electron chi connectivity index (χ4n) is 2.75. The van der Waals surface area contributed by atoms with Gasteiger partial charge in [0.25, 0.3) is 5.69 Å². The zero-order chi connectivity index (χ0) is 24.4. The van der Waals surface area contributed by atoms with Crippen LogP contribution in [-0.2, 0) is 32.1 Å². The largest absolute Gasteiger partial charge is 0.481 e. The maximum Gasteiger partial charge on any atom is 0.408 e. The first-order chi connectivity index (χ1) is 15.7. The first-order valence-corrected chi connectivity index (χ1v) is 9.61. The maximum absolute atomic E-state index is 12.5. The van der Waals surface area contributed by atoms with E-state index < -0.39 is 47.4 Å². The maximum atomic E-state index is 12.5. The van der Waals surface area contributed by atoms with Crippen molar-refractivity contribution in [2.45, 2.75) is 31.5 Å². The van der Waals surface area contributed by atoms with Gasteiger partial charge in [-0.3, -0.25) is 19.7 Å². The molecule has 2 amide bonds. The molecular weight excluding hydrogens is 438 g/mol. The quantitative estimate of drug-likeness (QED) is 0.285. The SMILES string of the molecule is O=C(O)C[C@H](NC(=O)OCc1ccc([N+](=O)[O-])cc1)C(=O)N[C@@H](Cc1ccccc1)C(=O)O. The van der Waals surface area contributed by atoms with Crippen LogP contribution >= 0.6 is 0 Å². The smallest absolute Gasteiger partial charge is 0.408 e. The molecule has 0 bridgehead atoms. The molecule has 0 saturated heterocycles. The molecule has 0 spiro atoms. The second-order valence-corrected chi connectivity index (χ2v) is 6.88. The molecule has 2 aromatic carbocycles. The Hall–Kier alpha value is -4.48. The molecule has 2 atom stereocenters. The average molecular weight is 459 g/mol. The molecule has 2 aromatic rings. The van der Waals surface area contributed by atoms with Crippen LogP contribution in [0.5, 0.6) is 0 Å². The molecule has 12 heteroatoms. The number of nitro benzene ring substituents is 1. The minimum Gasteiger partial charge on any atom is -0.481 e. The lowest BCUT2D eigenvalue weighted by molar-refractivity contribution is -0.384. The van der Waals surface area contributed by atoms with E-state index in [1.165, 1.54) is 24.3 Å². The van der Waals surface area contributed by atoms with Crippen LogP contribution in [0.25, 0.3) is 0 Å². The Morgan fingerprint density at radius 3 is 2.09 bits per heavy atom. The highest BCUT2D eigenvalue weighted by Gasteiger charge is 2.29. The van der Waals surface area contributed by atoms with Crippen LogP contribution in [0.3, 0.4) is 0 Å². The van der Waals surface area contributed by atoms with Crippen molar-refractivity contribution in [3.63, 3.8) is 0 Å². The summed E-state index contributed by atoms with van der Waals surface area (Å²) in [6.45, 7) is -0.295. The van der Waals surface area contributed by atoms with E-state index in [1.54, 1.807) is 30.3 Å². The molecule has 0 aliphatic rings. The van der Waals surface area contributed by atoms with E-state index in [1.807, 2.05) is 0 Å². The summed E-state index contributed by atoms with van der Waals surface area (Å²) in [6, 6.07) is 10.7. The topological polar surface area (TPSA) is 185 Å². The predicted octanol–water partition coefficient (Wildman–Crippen LogP) is 1.48. The number of alkyl carbamates (subject to hydrolysis) is 1. The van der Waals surface area contributed by atoms with Gasteiger partial charge in [0.1, 0.15) is 18.7 Å². The fraction of sp³-hybridized carbons (Fsp3) is 0.238. The summed E-state index contributed by atoms with van der Waals surface area (Å²) in [6.07, 6.45) is -1.98. The summed E-state index contributed by atoms with van der Waals surface area (Å²) in [5.41, 5.74) is 0.907. The van der Waals surface area contributed by atoms with Gasteiger partial charge in [-0.1, -0.05) is 30.3 Å². The molecule has 2 rings (SSSR count). The molecule has 0 fully saturated rings. The predicted molar refractivity (Wildman–Crippen MR) is 112 cm³/mol. The van der Waals surface area contributed by atoms with Gasteiger partial charge in [0.15, 0.2) is 0 Å². The minimum atomic E-state index is -1.59. The van der Waals surface area contributed by atoms with E-state index in [2.05, 4.69) is 10.6 Å². The normalized spacial score (nSPS) is 12.1. The molecule has 33 heavy (non-hydrogen) atoms. The minimum absolute atomic E-state index is 0.0493. The van der Waals surface area contributed by atoms with Crippen molar-refractivity contribution in [1.29, 1.82) is 0 Å². The Labute approximate surface area is 187 Å². The molecule has 0 aliphatic heterocycles. The van der Waals surface area contributed by atoms with E-state index in [4.69, 9.17) is 9.84 Å². The molecule has 12 nitrogen and oxygen atoms in total. The second-order valence-electron chi connectivity index (χ2n) is 6.88. The number of ether oxygens (including phenoxy) is 1. The molecule has 0 aromatic heterocycles. The number of aliphatic carboxylic acids is 2. The molecule has 174 valence electrons. The van der Waals surface area contributed by atoms with Gasteiger partial charge in [-0.25, -0.2) is 9.59 Å². The van der Waals surface area contributed by atoms with Crippen molar-refractivity contribution >= 4 is 29.6 Å². The summed E-state index contributed by atoms with van der Waals surface area (Å²) < 4.78 is 4.93. The third-order valence-corrected chi connectivity index (χ3v) is 4.40. The van der Waals surface area contributed by atoms with E-state index in [0.29, 0.717) is 11.1 Å². The number of carboxylic acids is 2. The number of benzene rings is 2. The first kappa shape index (κ1) is 24.8. The Bertz CT molecular complexity index is 1010. The third kappa shape index (κ3) is 8.28. The Balaban J connectivity index is 1.99. The van der Waals surface area contributed by atoms with Crippen molar-refractivity contribution < 1.29 is 39.1 Å². The molecule has 0 aliphatic carbocycles. The van der Waals surface area contributed by atoms with Gasteiger partial charge in [0, 0.05) is 18.6 Å². The zero-order valence-corrected chi connectivity index (χ0v) is 17.2. The Morgan fingerprint density at radius 2 is 1.55 bits per heavy atom. The monoisotopic (exact) mass is 459 g/mol. The van der Waals surface area contributed by atoms with Gasteiger partial charge in [0.2, 0.25) is 5.91 Å². The van der Waals surface area contributed by atoms with Crippen molar-refractivity contribution in [2.24, 2.45) is 0 Å². The highest BCUT2D eigenvalue weighted by molar-refractivity contribution is 5.91. The van der Waals surface area contributed by atoms with Gasteiger partial charge in [-0.2, -0.15) is 0 Å². The Kier molecular flexibility index (Phi) is 8.85. The number of non-ortho nitro benzene ring substituents is 1. The van der Waals surface area contributed by atoms with Gasteiger partial charge in [-0.05, 0) is 23.3 Å². The van der Waals surface area contributed by atoms with Gasteiger partial charge in [0.05, 0.1) is 11.3 Å². The van der Waals surface area contributed by atoms with Crippen LogP contribution in [0.4, 0.5) is 10.5 Å². The standard InChI is InChI=1S/C21H21N3O9/c25-18(26)11-16(19(27)22-17(20(28)29)10-13-4-2-1-3-5-13)23-21(30)33-12-14-6-8-15(9-7-14)24(31)32/h1-9,16-17H,10-12H2,(H,22,27)(H,23,30)(H,25,26)(H,28,29)/t16-,17-/m0/s1. The van der Waals surface area contributed by atoms with E-state index >= 15 is 0 Å². The van der Waals surface area contributed by atoms with Crippen LogP contribution < -0.4 is 10.6 Å². The van der Waals surface area contributed by atoms with Crippen LogP contribution in [0.1, 0.15) is 17.5 Å². The van der Waals surface area contributed by atoms with Crippen LogP contribution in [-0.4, -0.2) is 51.2 Å². The number of carboxylic acid groups (broad SMARTS) is 2. The number of nitrogens with zero attached hydrogens (tertiary/aromatic N) is 1. The van der Waals surface area contributed by atoms with Gasteiger partial charge < -0.3 is 25.6 Å². The number of hydrogen-bond donors (Lipinski definition) is 4. The number of carbonyl (C=O) groups excluding carboxylic acids is 2. The van der Waals surface area contributed by atoms with Crippen molar-refractivity contribution in [2.75, 3.05) is 0 Å². The lowest BCUT2D eigenvalue weighted by Crippen LogP contribution is -2.53. The van der Waals surface area contributed by atoms with Crippen LogP contribution in [0, 0.1) is 10.1 Å². The summed E-state index contributed by atoms with van der Waals surface area (Å²) in [5.74, 6) is -3.74. The summed E-state index contributed by atoms with van der Waals surface area (Å²) >= 11 is 0. The lowest BCUT2D eigenvalue weighted by Gasteiger charge is -2.20. The number of amides is 2. The highest BCUT2D eigenvalue weighted by atomic mass is 16.6. The fourth-order valence-corrected chi connectivity index (χ4v) is 2.75. The molecule has 0 unspecified atom stereocenters. The van der Waals surface area contributed by atoms with Crippen LogP contribution in [0.2, 0.25) is 0 Å². The van der Waals surface area contributed by atoms with E-state index in [0.717, 1.165) is 0 Å².